The van der Waals surface area contributed by atoms with Crippen molar-refractivity contribution in [1.29, 1.82) is 0 Å². The van der Waals surface area contributed by atoms with Gasteiger partial charge in [0.2, 0.25) is 10.0 Å². The van der Waals surface area contributed by atoms with E-state index in [1.54, 1.807) is 0 Å². The van der Waals surface area contributed by atoms with Crippen LogP contribution in [-0.2, 0) is 10.0 Å². The van der Waals surface area contributed by atoms with Crippen molar-refractivity contribution in [3.05, 3.63) is 47.0 Å². The number of aromatic hydroxyl groups is 1. The zero-order chi connectivity index (χ0) is 18.8. The highest BCUT2D eigenvalue weighted by Gasteiger charge is 2.27. The highest BCUT2D eigenvalue weighted by atomic mass is 35.5. The van der Waals surface area contributed by atoms with Gasteiger partial charge in [-0.3, -0.25) is 0 Å². The Bertz CT molecular complexity index is 915. The van der Waals surface area contributed by atoms with Crippen molar-refractivity contribution >= 4 is 50.3 Å². The number of thiocarbonyl (C=S) groups is 1. The van der Waals surface area contributed by atoms with Crippen LogP contribution in [-0.4, -0.2) is 37.0 Å². The maximum atomic E-state index is 12.4. The molecular formula is C16H18ClN3O3S2. The van der Waals surface area contributed by atoms with E-state index in [9.17, 15) is 13.5 Å². The molecule has 0 saturated carbocycles. The van der Waals surface area contributed by atoms with E-state index in [-0.39, 0.29) is 20.7 Å². The number of nitrogens with zero attached hydrogens (tertiary/aromatic N) is 1. The molecule has 2 rings (SSSR count). The fourth-order valence-electron chi connectivity index (χ4n) is 2.06. The van der Waals surface area contributed by atoms with Gasteiger partial charge in [-0.2, -0.15) is 0 Å². The summed E-state index contributed by atoms with van der Waals surface area (Å²) in [5, 5.41) is 16.3. The molecule has 0 fully saturated rings. The highest BCUT2D eigenvalue weighted by Crippen LogP contribution is 2.38. The number of rotatable bonds is 4. The van der Waals surface area contributed by atoms with Crippen LogP contribution in [0, 0.1) is 6.92 Å². The molecule has 0 aromatic heterocycles. The smallest absolute Gasteiger partial charge is 0.247 e. The number of nitrogens with one attached hydrogen (secondary N) is 2. The van der Waals surface area contributed by atoms with E-state index in [0.717, 1.165) is 15.6 Å². The summed E-state index contributed by atoms with van der Waals surface area (Å²) in [7, 11) is -1.20. The van der Waals surface area contributed by atoms with Crippen molar-refractivity contribution in [3.8, 4) is 5.75 Å². The first-order valence-electron chi connectivity index (χ1n) is 7.22. The summed E-state index contributed by atoms with van der Waals surface area (Å²) in [4.78, 5) is -0.372. The lowest BCUT2D eigenvalue weighted by Gasteiger charge is -2.18. The maximum absolute atomic E-state index is 12.4. The van der Waals surface area contributed by atoms with Crippen molar-refractivity contribution in [2.75, 3.05) is 24.7 Å². The van der Waals surface area contributed by atoms with E-state index in [4.69, 9.17) is 23.8 Å². The topological polar surface area (TPSA) is 81.7 Å². The fraction of sp³-hybridized carbons (Fsp3) is 0.188. The number of halogens is 1. The largest absolute Gasteiger partial charge is 0.504 e. The molecule has 0 aliphatic heterocycles. The van der Waals surface area contributed by atoms with Crippen molar-refractivity contribution in [2.24, 2.45) is 0 Å². The van der Waals surface area contributed by atoms with Gasteiger partial charge in [0.05, 0.1) is 10.7 Å². The summed E-state index contributed by atoms with van der Waals surface area (Å²) < 4.78 is 25.7. The Labute approximate surface area is 157 Å². The maximum Gasteiger partial charge on any atom is 0.247 e. The van der Waals surface area contributed by atoms with Crippen molar-refractivity contribution < 1.29 is 13.5 Å². The number of aryl methyl sites for hydroxylation is 1. The standard InChI is InChI=1S/C16H18ClN3O3S2/c1-10-6-4-5-7-12(10)18-16(24)19-13-9-8-11(17)15(14(13)21)25(22,23)20(2)3/h4-9,21H,1-3H3,(H2,18,19,24). The van der Waals surface area contributed by atoms with Crippen LogP contribution in [0.25, 0.3) is 0 Å². The molecule has 3 N–H and O–H groups in total. The molecule has 9 heteroatoms. The van der Waals surface area contributed by atoms with E-state index in [1.807, 2.05) is 31.2 Å². The van der Waals surface area contributed by atoms with Gasteiger partial charge >= 0.3 is 0 Å². The lowest BCUT2D eigenvalue weighted by atomic mass is 10.2. The lowest BCUT2D eigenvalue weighted by molar-refractivity contribution is 0.455. The predicted molar refractivity (Wildman–Crippen MR) is 105 cm³/mol. The van der Waals surface area contributed by atoms with Crippen molar-refractivity contribution in [3.63, 3.8) is 0 Å². The van der Waals surface area contributed by atoms with Crippen LogP contribution in [0.1, 0.15) is 5.56 Å². The molecule has 25 heavy (non-hydrogen) atoms. The Balaban J connectivity index is 2.32. The van der Waals surface area contributed by atoms with Crippen LogP contribution < -0.4 is 10.6 Å². The van der Waals surface area contributed by atoms with E-state index in [1.165, 1.54) is 26.2 Å². The molecule has 0 saturated heterocycles. The van der Waals surface area contributed by atoms with Crippen LogP contribution in [0.4, 0.5) is 11.4 Å². The summed E-state index contributed by atoms with van der Waals surface area (Å²) >= 11 is 11.2. The van der Waals surface area contributed by atoms with E-state index in [0.29, 0.717) is 0 Å². The Morgan fingerprint density at radius 1 is 1.12 bits per heavy atom. The third-order valence-electron chi connectivity index (χ3n) is 3.46. The first-order valence-corrected chi connectivity index (χ1v) is 9.45. The second-order valence-corrected chi connectivity index (χ2v) is 8.36. The molecule has 2 aromatic carbocycles. The van der Waals surface area contributed by atoms with Gasteiger partial charge in [0.25, 0.3) is 0 Å². The van der Waals surface area contributed by atoms with Gasteiger partial charge in [-0.15, -0.1) is 0 Å². The summed E-state index contributed by atoms with van der Waals surface area (Å²) in [6, 6.07) is 10.4. The number of hydrogen-bond acceptors (Lipinski definition) is 4. The number of sulfonamides is 1. The van der Waals surface area contributed by atoms with E-state index < -0.39 is 15.8 Å². The van der Waals surface area contributed by atoms with Crippen molar-refractivity contribution in [2.45, 2.75) is 11.8 Å². The SMILES string of the molecule is Cc1ccccc1NC(=S)Nc1ccc(Cl)c(S(=O)(=O)N(C)C)c1O. The number of phenols is 1. The third kappa shape index (κ3) is 4.21. The molecule has 0 aliphatic rings. The first kappa shape index (κ1) is 19.5. The van der Waals surface area contributed by atoms with Gasteiger partial charge in [-0.05, 0) is 42.9 Å². The average molecular weight is 400 g/mol. The number of anilines is 2. The van der Waals surface area contributed by atoms with E-state index >= 15 is 0 Å². The molecule has 0 radical (unpaired) electrons. The van der Waals surface area contributed by atoms with Crippen LogP contribution >= 0.6 is 23.8 Å². The Morgan fingerprint density at radius 2 is 1.72 bits per heavy atom. The third-order valence-corrected chi connectivity index (χ3v) is 5.99. The Morgan fingerprint density at radius 3 is 2.32 bits per heavy atom. The molecule has 0 bridgehead atoms. The minimum Gasteiger partial charge on any atom is -0.504 e. The summed E-state index contributed by atoms with van der Waals surface area (Å²) in [5.74, 6) is -0.491. The molecule has 2 aromatic rings. The molecule has 134 valence electrons. The van der Waals surface area contributed by atoms with Gasteiger partial charge in [-0.25, -0.2) is 12.7 Å². The zero-order valence-electron chi connectivity index (χ0n) is 13.9. The molecule has 6 nitrogen and oxygen atoms in total. The minimum atomic E-state index is -3.91. The van der Waals surface area contributed by atoms with Gasteiger partial charge in [0, 0.05) is 19.8 Å². The normalized spacial score (nSPS) is 11.4. The first-order chi connectivity index (χ1) is 11.6. The molecule has 0 unspecified atom stereocenters. The van der Waals surface area contributed by atoms with Gasteiger partial charge in [0.1, 0.15) is 4.90 Å². The molecule has 0 spiro atoms. The average Bonchev–Trinajstić information content (AvgIpc) is 2.52. The number of phenolic OH excluding ortho intramolecular Hbond substituents is 1. The summed E-state index contributed by atoms with van der Waals surface area (Å²) in [5.41, 5.74) is 1.92. The zero-order valence-corrected chi connectivity index (χ0v) is 16.3. The van der Waals surface area contributed by atoms with Crippen molar-refractivity contribution in [1.82, 2.24) is 4.31 Å². The Kier molecular flexibility index (Phi) is 5.89. The quantitative estimate of drug-likeness (QED) is 0.540. The number of hydrogen-bond donors (Lipinski definition) is 3. The number of benzene rings is 2. The molecule has 0 amide bonds. The van der Waals surface area contributed by atoms with Gasteiger partial charge < -0.3 is 15.7 Å². The number of para-hydroxylation sites is 1. The summed E-state index contributed by atoms with van der Waals surface area (Å²) in [6.07, 6.45) is 0. The molecular weight excluding hydrogens is 382 g/mol. The fourth-order valence-corrected chi connectivity index (χ4v) is 3.76. The second-order valence-electron chi connectivity index (χ2n) is 5.45. The minimum absolute atomic E-state index is 0.0745. The van der Waals surface area contributed by atoms with Crippen LogP contribution in [0.5, 0.6) is 5.75 Å². The molecule has 0 heterocycles. The van der Waals surface area contributed by atoms with Gasteiger partial charge in [0.15, 0.2) is 10.9 Å². The monoisotopic (exact) mass is 399 g/mol. The molecule has 0 aliphatic carbocycles. The van der Waals surface area contributed by atoms with Crippen LogP contribution in [0.2, 0.25) is 5.02 Å². The lowest BCUT2D eigenvalue weighted by Crippen LogP contribution is -2.24. The predicted octanol–water partition coefficient (Wildman–Crippen LogP) is 3.41. The Hall–Kier alpha value is -1.87. The van der Waals surface area contributed by atoms with E-state index in [2.05, 4.69) is 10.6 Å². The van der Waals surface area contributed by atoms with Crippen LogP contribution in [0.15, 0.2) is 41.3 Å². The highest BCUT2D eigenvalue weighted by molar-refractivity contribution is 7.89. The second kappa shape index (κ2) is 7.57. The molecule has 0 atom stereocenters. The van der Waals surface area contributed by atoms with Gasteiger partial charge in [-0.1, -0.05) is 29.8 Å². The van der Waals surface area contributed by atoms with Crippen LogP contribution in [0.3, 0.4) is 0 Å². The summed E-state index contributed by atoms with van der Waals surface area (Å²) in [6.45, 7) is 1.92.